The van der Waals surface area contributed by atoms with E-state index < -0.39 is 21.4 Å². The lowest BCUT2D eigenvalue weighted by Gasteiger charge is -2.47. The zero-order valence-electron chi connectivity index (χ0n) is 70.8. The SMILES string of the molecule is COc1cc(N2CCC3(CCN(C)CC3)CC2)c(F)cc1Nc1ncc(Cl)c(Nc2ccccc2P(C)(C)=O)n1.COc1cc(N2CCC3(CCN(C)CC3)CC2)ccc1Nc1ncc(Cl)c(N(C)c2ccccc2P(C)(C)=O)n1.COc1cc(N2CCC3(CCN(C)CC3)CC2)ccc1Nc1ncc(Cl)c(Oc2ccccc2P(C)(C)=O)n1. The van der Waals surface area contributed by atoms with E-state index in [-0.39, 0.29) is 22.7 Å². The van der Waals surface area contributed by atoms with Gasteiger partial charge in [-0.2, -0.15) is 15.0 Å². The summed E-state index contributed by atoms with van der Waals surface area (Å²) in [6.07, 6.45) is 19.3. The van der Waals surface area contributed by atoms with E-state index in [9.17, 15) is 13.7 Å². The third-order valence-corrected chi connectivity index (χ3v) is 30.2. The Morgan fingerprint density at radius 2 is 0.807 bits per heavy atom. The minimum absolute atomic E-state index is 0.182. The highest BCUT2D eigenvalue weighted by Crippen LogP contribution is 2.49. The molecule has 6 aliphatic rings. The van der Waals surface area contributed by atoms with Crippen LogP contribution in [0, 0.1) is 22.1 Å². The number of ether oxygens (including phenoxy) is 4. The van der Waals surface area contributed by atoms with Crippen molar-refractivity contribution in [3.63, 3.8) is 0 Å². The molecule has 6 saturated heterocycles. The molecule has 9 heterocycles. The fourth-order valence-corrected chi connectivity index (χ4v) is 21.0. The highest BCUT2D eigenvalue weighted by atomic mass is 35.5. The summed E-state index contributed by atoms with van der Waals surface area (Å²) in [4.78, 5) is 43.0. The van der Waals surface area contributed by atoms with E-state index in [1.807, 2.05) is 84.7 Å². The van der Waals surface area contributed by atoms with Crippen molar-refractivity contribution < 1.29 is 37.0 Å². The van der Waals surface area contributed by atoms with Gasteiger partial charge in [0.1, 0.15) is 65.3 Å². The Morgan fingerprint density at radius 1 is 0.412 bits per heavy atom. The molecule has 15 rings (SSSR count). The van der Waals surface area contributed by atoms with Crippen LogP contribution in [0.5, 0.6) is 28.9 Å². The standard InChI is InChI=1S/C30H40ClN6O2P.C29H37ClFN6O2P.C29H37ClN5O3P/c1-35-16-12-30(13-17-35)14-18-37(19-15-30)22-10-11-24(26(20-22)39-3)33-29-32-21-23(31)28(34-29)36(2)25-8-6-7-9-27(25)40(4,5)38;1-36-13-9-29(10-14-36)11-15-37(16-12-29)24-18-25(39-2)23(17-21(24)31)34-28-32-19-20(30)27(35-28)33-22-7-5-6-8-26(22)40(3,4)38;1-34-15-11-29(12-16-34)13-17-35(18-14-29)21-9-10-23(25(19-21)37-2)32-28-31-20-22(30)27(33-28)38-24-7-5-6-8-26(24)39(3,4)36/h6-11,20-21H,12-19H2,1-5H3,(H,32,33,34);5-8,17-19H,9-16H2,1-4H3,(H2,32,33,34,35);5-10,19-20H,11-18H2,1-4H3,(H,31,32,33). The Bertz CT molecular complexity index is 5180. The first-order valence-corrected chi connectivity index (χ1v) is 49.8. The normalized spacial score (nSPS) is 17.6. The number of benzene rings is 6. The van der Waals surface area contributed by atoms with Crippen LogP contribution in [0.25, 0.3) is 0 Å². The van der Waals surface area contributed by atoms with Gasteiger partial charge < -0.3 is 88.2 Å². The topological polar surface area (TPSA) is 236 Å². The van der Waals surface area contributed by atoms with Gasteiger partial charge in [-0.3, -0.25) is 0 Å². The molecule has 0 atom stereocenters. The zero-order chi connectivity index (χ0) is 84.6. The van der Waals surface area contributed by atoms with Crippen molar-refractivity contribution in [2.75, 3.05) is 209 Å². The Balaban J connectivity index is 0.000000155. The number of hydrogen-bond acceptors (Lipinski definition) is 24. The number of methoxy groups -OCH3 is 3. The minimum atomic E-state index is -2.56. The molecule has 6 aliphatic heterocycles. The molecule has 636 valence electrons. The highest BCUT2D eigenvalue weighted by molar-refractivity contribution is 7.71. The molecule has 9 aromatic rings. The number of para-hydroxylation sites is 3. The van der Waals surface area contributed by atoms with Gasteiger partial charge in [0.25, 0.3) is 0 Å². The predicted octanol–water partition coefficient (Wildman–Crippen LogP) is 18.8. The Labute approximate surface area is 716 Å². The van der Waals surface area contributed by atoms with Crippen LogP contribution in [0.3, 0.4) is 0 Å². The second-order valence-electron chi connectivity index (χ2n) is 33.9. The minimum Gasteiger partial charge on any atom is -0.494 e. The average molecular weight is 1740 g/mol. The number of likely N-dealkylation sites (tertiary alicyclic amines) is 3. The monoisotopic (exact) mass is 1740 g/mol. The first kappa shape index (κ1) is 88.3. The Hall–Kier alpha value is -8.47. The molecule has 3 spiro atoms. The maximum atomic E-state index is 15.5. The molecule has 6 fully saturated rings. The summed E-state index contributed by atoms with van der Waals surface area (Å²) in [7, 11) is 5.78. The van der Waals surface area contributed by atoms with Crippen molar-refractivity contribution in [3.8, 4) is 28.9 Å². The molecule has 6 aromatic carbocycles. The van der Waals surface area contributed by atoms with Gasteiger partial charge >= 0.3 is 0 Å². The molecule has 31 heteroatoms. The van der Waals surface area contributed by atoms with Gasteiger partial charge in [0.05, 0.1) is 79.3 Å². The lowest BCUT2D eigenvalue weighted by molar-refractivity contribution is 0.0943. The summed E-state index contributed by atoms with van der Waals surface area (Å²) < 4.78 is 77.1. The maximum absolute atomic E-state index is 15.5. The number of nitrogens with zero attached hydrogens (tertiary/aromatic N) is 13. The Morgan fingerprint density at radius 3 is 1.29 bits per heavy atom. The van der Waals surface area contributed by atoms with Crippen molar-refractivity contribution in [2.24, 2.45) is 16.2 Å². The molecule has 0 saturated carbocycles. The van der Waals surface area contributed by atoms with Crippen LogP contribution < -0.4 is 75.7 Å². The van der Waals surface area contributed by atoms with Crippen LogP contribution in [0.4, 0.5) is 79.4 Å². The lowest BCUT2D eigenvalue weighted by Crippen LogP contribution is -2.46. The number of anilines is 13. The van der Waals surface area contributed by atoms with Gasteiger partial charge in [-0.25, -0.2) is 19.3 Å². The van der Waals surface area contributed by atoms with Crippen molar-refractivity contribution in [1.82, 2.24) is 44.6 Å². The zero-order valence-corrected chi connectivity index (χ0v) is 75.7. The van der Waals surface area contributed by atoms with Crippen molar-refractivity contribution in [3.05, 3.63) is 161 Å². The van der Waals surface area contributed by atoms with Gasteiger partial charge in [-0.05, 0) is 254 Å². The number of nitrogens with one attached hydrogen (secondary N) is 4. The molecule has 0 unspecified atom stereocenters. The summed E-state index contributed by atoms with van der Waals surface area (Å²) in [6.45, 7) is 23.4. The van der Waals surface area contributed by atoms with Crippen LogP contribution in [-0.2, 0) is 13.7 Å². The molecule has 4 N–H and O–H groups in total. The Kier molecular flexibility index (Phi) is 28.1. The van der Waals surface area contributed by atoms with Crippen LogP contribution in [0.1, 0.15) is 77.0 Å². The van der Waals surface area contributed by atoms with Crippen LogP contribution in [-0.4, -0.2) is 213 Å². The number of aromatic nitrogens is 6. The molecule has 0 amide bonds. The van der Waals surface area contributed by atoms with Crippen molar-refractivity contribution in [2.45, 2.75) is 77.0 Å². The van der Waals surface area contributed by atoms with Gasteiger partial charge in [0.2, 0.25) is 23.7 Å². The fraction of sp³-hybridized carbons (Fsp3) is 0.455. The third kappa shape index (κ3) is 21.7. The lowest BCUT2D eigenvalue weighted by atomic mass is 9.71. The van der Waals surface area contributed by atoms with E-state index in [0.717, 1.165) is 99.0 Å². The number of halogens is 4. The van der Waals surface area contributed by atoms with E-state index >= 15 is 4.39 Å². The quantitative estimate of drug-likeness (QED) is 0.0489. The summed E-state index contributed by atoms with van der Waals surface area (Å²) in [5.41, 5.74) is 7.65. The van der Waals surface area contributed by atoms with E-state index in [4.69, 9.17) is 58.7 Å². The van der Waals surface area contributed by atoms with Gasteiger partial charge in [0, 0.05) is 92.6 Å². The number of piperidine rings is 6. The van der Waals surface area contributed by atoms with E-state index in [2.05, 4.69) is 121 Å². The molecule has 0 bridgehead atoms. The summed E-state index contributed by atoms with van der Waals surface area (Å²) in [5.74, 6) is 4.03. The summed E-state index contributed by atoms with van der Waals surface area (Å²) in [6, 6.07) is 37.8. The molecule has 119 heavy (non-hydrogen) atoms. The van der Waals surface area contributed by atoms with Gasteiger partial charge in [-0.1, -0.05) is 71.2 Å². The first-order chi connectivity index (χ1) is 56.8. The smallest absolute Gasteiger partial charge is 0.243 e. The molecule has 0 aliphatic carbocycles. The average Bonchev–Trinajstić information content (AvgIpc) is 0.780. The molecular formula is C88H114Cl3FN17O7P3. The van der Waals surface area contributed by atoms with Crippen LogP contribution in [0.2, 0.25) is 15.1 Å². The number of rotatable bonds is 21. The van der Waals surface area contributed by atoms with Crippen LogP contribution in [0.15, 0.2) is 140 Å². The van der Waals surface area contributed by atoms with E-state index in [1.54, 1.807) is 85.7 Å². The van der Waals surface area contributed by atoms with Gasteiger partial charge in [-0.15, -0.1) is 0 Å². The largest absolute Gasteiger partial charge is 0.494 e. The highest BCUT2D eigenvalue weighted by Gasteiger charge is 2.41. The van der Waals surface area contributed by atoms with Crippen molar-refractivity contribution in [1.29, 1.82) is 0 Å². The predicted molar refractivity (Wildman–Crippen MR) is 490 cm³/mol. The summed E-state index contributed by atoms with van der Waals surface area (Å²) >= 11 is 19.3. The van der Waals surface area contributed by atoms with Crippen LogP contribution >= 0.6 is 56.2 Å². The fourth-order valence-electron chi connectivity index (χ4n) is 17.1. The maximum Gasteiger partial charge on any atom is 0.243 e. The molecule has 24 nitrogen and oxygen atoms in total. The van der Waals surface area contributed by atoms with E-state index in [0.29, 0.717) is 94.7 Å². The molecule has 3 aromatic heterocycles. The first-order valence-electron chi connectivity index (χ1n) is 40.9. The molecule has 0 radical (unpaired) electrons. The van der Waals surface area contributed by atoms with Crippen molar-refractivity contribution >= 4 is 147 Å². The molecular weight excluding hydrogens is 1630 g/mol. The third-order valence-electron chi connectivity index (χ3n) is 24.8. The van der Waals surface area contributed by atoms with E-state index in [1.165, 1.54) is 115 Å². The number of hydrogen-bond donors (Lipinski definition) is 4. The summed E-state index contributed by atoms with van der Waals surface area (Å²) in [5, 5.41) is 15.9. The second-order valence-corrected chi connectivity index (χ2v) is 44.7. The van der Waals surface area contributed by atoms with Gasteiger partial charge in [0.15, 0.2) is 11.6 Å². The second kappa shape index (κ2) is 37.9.